The maximum atomic E-state index is 13.2. The molecular weight excluding hydrogens is 409 g/mol. The Morgan fingerprint density at radius 2 is 2.03 bits per heavy atom. The first-order chi connectivity index (χ1) is 14.5. The average Bonchev–Trinajstić information content (AvgIpc) is 2.73. The van der Waals surface area contributed by atoms with Crippen LogP contribution in [0.25, 0.3) is 11.0 Å². The molecule has 0 spiro atoms. The molecule has 1 fully saturated rings. The van der Waals surface area contributed by atoms with E-state index in [0.717, 1.165) is 0 Å². The first kappa shape index (κ1) is 19.9. The Hall–Kier alpha value is -3.44. The molecule has 0 aliphatic carbocycles. The van der Waals surface area contributed by atoms with Crippen LogP contribution in [0.1, 0.15) is 11.1 Å². The highest BCUT2D eigenvalue weighted by atomic mass is 35.5. The van der Waals surface area contributed by atoms with Crippen LogP contribution in [0, 0.1) is 17.1 Å². The quantitative estimate of drug-likeness (QED) is 0.633. The second-order valence-corrected chi connectivity index (χ2v) is 7.30. The van der Waals surface area contributed by atoms with Crippen LogP contribution in [0.3, 0.4) is 0 Å². The van der Waals surface area contributed by atoms with Gasteiger partial charge in [-0.1, -0.05) is 12.1 Å². The summed E-state index contributed by atoms with van der Waals surface area (Å²) in [6.45, 7) is 1.04. The molecule has 9 heteroatoms. The van der Waals surface area contributed by atoms with Crippen LogP contribution in [0.4, 0.5) is 10.1 Å². The summed E-state index contributed by atoms with van der Waals surface area (Å²) in [5.74, 6) is -0.604. The van der Waals surface area contributed by atoms with Crippen molar-refractivity contribution in [1.82, 2.24) is 14.5 Å². The van der Waals surface area contributed by atoms with Crippen molar-refractivity contribution in [2.45, 2.75) is 12.6 Å². The van der Waals surface area contributed by atoms with Gasteiger partial charge in [0.15, 0.2) is 0 Å². The number of pyridine rings is 2. The molecule has 1 saturated heterocycles. The lowest BCUT2D eigenvalue weighted by molar-refractivity contribution is -0.132. The first-order valence-corrected chi connectivity index (χ1v) is 9.81. The van der Waals surface area contributed by atoms with Crippen LogP contribution in [0.2, 0.25) is 0 Å². The van der Waals surface area contributed by atoms with E-state index in [1.54, 1.807) is 35.4 Å². The van der Waals surface area contributed by atoms with Gasteiger partial charge in [-0.2, -0.15) is 5.26 Å². The molecule has 0 atom stereocenters. The van der Waals surface area contributed by atoms with Crippen LogP contribution < -0.4 is 10.9 Å². The second kappa shape index (κ2) is 8.13. The van der Waals surface area contributed by atoms with Crippen molar-refractivity contribution in [1.29, 1.82) is 5.26 Å². The molecule has 152 valence electrons. The number of halogens is 2. The van der Waals surface area contributed by atoms with Gasteiger partial charge >= 0.3 is 0 Å². The molecule has 1 aliphatic heterocycles. The largest absolute Gasteiger partial charge is 0.377 e. The number of nitrogens with one attached hydrogen (secondary N) is 1. The molecule has 0 bridgehead atoms. The number of amides is 1. The normalized spacial score (nSPS) is 13.7. The summed E-state index contributed by atoms with van der Waals surface area (Å²) in [6, 6.07) is 11.2. The molecular formula is C21H17ClFN5O2. The van der Waals surface area contributed by atoms with Gasteiger partial charge in [0.1, 0.15) is 29.0 Å². The average molecular weight is 426 g/mol. The number of anilines is 1. The van der Waals surface area contributed by atoms with Crippen molar-refractivity contribution in [2.24, 2.45) is 0 Å². The van der Waals surface area contributed by atoms with E-state index in [9.17, 15) is 19.2 Å². The molecule has 0 unspecified atom stereocenters. The second-order valence-electron chi connectivity index (χ2n) is 7.03. The van der Waals surface area contributed by atoms with Crippen molar-refractivity contribution >= 4 is 34.2 Å². The molecule has 1 N–H and O–H groups in total. The summed E-state index contributed by atoms with van der Waals surface area (Å²) in [5, 5.41) is 13.6. The summed E-state index contributed by atoms with van der Waals surface area (Å²) in [7, 11) is 0. The number of benzene rings is 1. The number of nitrogens with zero attached hydrogens (tertiary/aromatic N) is 4. The monoisotopic (exact) mass is 425 g/mol. The zero-order chi connectivity index (χ0) is 21.3. The minimum Gasteiger partial charge on any atom is -0.377 e. The number of alkyl halides is 1. The van der Waals surface area contributed by atoms with Gasteiger partial charge in [0.05, 0.1) is 18.3 Å². The number of nitriles is 1. The highest BCUT2D eigenvalue weighted by Gasteiger charge is 2.31. The van der Waals surface area contributed by atoms with Crippen molar-refractivity contribution < 1.29 is 9.18 Å². The third-order valence-electron chi connectivity index (χ3n) is 5.08. The summed E-state index contributed by atoms with van der Waals surface area (Å²) in [4.78, 5) is 30.7. The van der Waals surface area contributed by atoms with Crippen LogP contribution in [0.15, 0.2) is 47.4 Å². The number of aromatic nitrogens is 2. The minimum absolute atomic E-state index is 0.0280. The van der Waals surface area contributed by atoms with Crippen LogP contribution >= 0.6 is 11.6 Å². The maximum absolute atomic E-state index is 13.2. The molecule has 1 aromatic carbocycles. The van der Waals surface area contributed by atoms with Crippen molar-refractivity contribution in [3.8, 4) is 6.07 Å². The third kappa shape index (κ3) is 3.60. The molecule has 0 saturated carbocycles. The fourth-order valence-corrected chi connectivity index (χ4v) is 3.68. The lowest BCUT2D eigenvalue weighted by Gasteiger charge is -2.40. The molecule has 1 amide bonds. The van der Waals surface area contributed by atoms with Crippen molar-refractivity contribution in [3.05, 3.63) is 69.9 Å². The van der Waals surface area contributed by atoms with E-state index < -0.39 is 5.56 Å². The predicted octanol–water partition coefficient (Wildman–Crippen LogP) is 2.32. The van der Waals surface area contributed by atoms with Crippen molar-refractivity contribution in [2.75, 3.05) is 24.3 Å². The van der Waals surface area contributed by atoms with Gasteiger partial charge in [-0.15, -0.1) is 11.6 Å². The van der Waals surface area contributed by atoms with Crippen LogP contribution in [-0.2, 0) is 11.3 Å². The van der Waals surface area contributed by atoms with E-state index in [-0.39, 0.29) is 35.8 Å². The maximum Gasteiger partial charge on any atom is 0.272 e. The lowest BCUT2D eigenvalue weighted by Crippen LogP contribution is -2.57. The molecule has 3 heterocycles. The zero-order valence-corrected chi connectivity index (χ0v) is 16.6. The van der Waals surface area contributed by atoms with Gasteiger partial charge in [-0.25, -0.2) is 9.37 Å². The summed E-state index contributed by atoms with van der Waals surface area (Å²) >= 11 is 5.58. The Morgan fingerprint density at radius 1 is 1.30 bits per heavy atom. The number of rotatable bonds is 5. The Labute approximate surface area is 176 Å². The summed E-state index contributed by atoms with van der Waals surface area (Å²) in [5.41, 5.74) is 1.03. The Balaban J connectivity index is 1.74. The van der Waals surface area contributed by atoms with Gasteiger partial charge in [0.2, 0.25) is 5.91 Å². The van der Waals surface area contributed by atoms with Crippen molar-refractivity contribution in [3.63, 3.8) is 0 Å². The smallest absolute Gasteiger partial charge is 0.272 e. The minimum atomic E-state index is -0.483. The summed E-state index contributed by atoms with van der Waals surface area (Å²) in [6.07, 6.45) is 1.57. The predicted molar refractivity (Wildman–Crippen MR) is 111 cm³/mol. The third-order valence-corrected chi connectivity index (χ3v) is 5.31. The van der Waals surface area contributed by atoms with E-state index in [4.69, 9.17) is 11.6 Å². The molecule has 30 heavy (non-hydrogen) atoms. The molecule has 7 nitrogen and oxygen atoms in total. The van der Waals surface area contributed by atoms with Gasteiger partial charge in [0.25, 0.3) is 5.56 Å². The van der Waals surface area contributed by atoms with E-state index in [0.29, 0.717) is 35.4 Å². The number of carbonyl (C=O) groups is 1. The number of hydrogen-bond acceptors (Lipinski definition) is 5. The van der Waals surface area contributed by atoms with E-state index in [1.165, 1.54) is 16.7 Å². The Bertz CT molecular complexity index is 1210. The molecule has 0 radical (unpaired) electrons. The fourth-order valence-electron chi connectivity index (χ4n) is 3.51. The van der Waals surface area contributed by atoms with Gasteiger partial charge < -0.3 is 10.2 Å². The van der Waals surface area contributed by atoms with E-state index >= 15 is 0 Å². The Morgan fingerprint density at radius 3 is 2.70 bits per heavy atom. The first-order valence-electron chi connectivity index (χ1n) is 9.28. The van der Waals surface area contributed by atoms with E-state index in [1.807, 2.05) is 6.07 Å². The number of carbonyl (C=O) groups excluding carboxylic acids is 1. The lowest BCUT2D eigenvalue weighted by atomic mass is 10.1. The number of likely N-dealkylation sites (tertiary alicyclic amines) is 1. The zero-order valence-electron chi connectivity index (χ0n) is 15.8. The van der Waals surface area contributed by atoms with Gasteiger partial charge in [-0.05, 0) is 29.8 Å². The van der Waals surface area contributed by atoms with Gasteiger partial charge in [-0.3, -0.25) is 14.2 Å². The van der Waals surface area contributed by atoms with Crippen LogP contribution in [0.5, 0.6) is 0 Å². The molecule has 4 rings (SSSR count). The molecule has 1 aliphatic rings. The summed E-state index contributed by atoms with van der Waals surface area (Å²) < 4.78 is 14.6. The van der Waals surface area contributed by atoms with E-state index in [2.05, 4.69) is 10.3 Å². The molecule has 2 aromatic heterocycles. The number of hydrogen-bond donors (Lipinski definition) is 1. The highest BCUT2D eigenvalue weighted by molar-refractivity contribution is 6.27. The van der Waals surface area contributed by atoms with Crippen LogP contribution in [-0.4, -0.2) is 45.4 Å². The Kier molecular flexibility index (Phi) is 5.38. The topological polar surface area (TPSA) is 91.0 Å². The standard InChI is InChI=1S/C21H17ClFN5O2/c22-8-18(29)27-11-15(12-27)26-19-16-2-1-7-25-20(16)28(21(30)17(19)9-24)10-13-3-5-14(23)6-4-13/h1-7,15,26H,8,10-12H2. The SMILES string of the molecule is N#Cc1c(NC2CN(C(=O)CCl)C2)c2cccnc2n(Cc2ccc(F)cc2)c1=O. The fraction of sp³-hybridized carbons (Fsp3) is 0.238. The molecule has 3 aromatic rings. The highest BCUT2D eigenvalue weighted by Crippen LogP contribution is 2.26. The number of fused-ring (bicyclic) bond motifs is 1. The van der Waals surface area contributed by atoms with Gasteiger partial charge in [0, 0.05) is 24.7 Å².